The number of nitrogens with zero attached hydrogens (tertiary/aromatic N) is 2. The third-order valence-electron chi connectivity index (χ3n) is 2.72. The minimum atomic E-state index is -0.257. The van der Waals surface area contributed by atoms with E-state index in [2.05, 4.69) is 41.8 Å². The molecular weight excluding hydrogens is 424 g/mol. The van der Waals surface area contributed by atoms with Gasteiger partial charge in [0.25, 0.3) is 0 Å². The number of ketones is 2. The Balaban J connectivity index is 1.91. The Morgan fingerprint density at radius 1 is 0.826 bits per heavy atom. The van der Waals surface area contributed by atoms with Gasteiger partial charge in [0.1, 0.15) is 0 Å². The Morgan fingerprint density at radius 2 is 1.26 bits per heavy atom. The summed E-state index contributed by atoms with van der Waals surface area (Å²) in [6.45, 7) is 0. The van der Waals surface area contributed by atoms with Gasteiger partial charge in [0.15, 0.2) is 11.6 Å². The lowest BCUT2D eigenvalue weighted by Gasteiger charge is -1.95. The zero-order valence-electron chi connectivity index (χ0n) is 11.9. The number of pyridine rings is 2. The fourth-order valence-electron chi connectivity index (χ4n) is 1.71. The Bertz CT molecular complexity index is 720. The van der Waals surface area contributed by atoms with E-state index < -0.39 is 0 Å². The van der Waals surface area contributed by atoms with E-state index in [-0.39, 0.29) is 18.0 Å². The van der Waals surface area contributed by atoms with Crippen LogP contribution in [-0.2, 0) is 9.59 Å². The van der Waals surface area contributed by atoms with Crippen molar-refractivity contribution in [2.24, 2.45) is 0 Å². The van der Waals surface area contributed by atoms with Crippen LogP contribution in [0.5, 0.6) is 0 Å². The maximum Gasteiger partial charge on any atom is 0.163 e. The van der Waals surface area contributed by atoms with Crippen LogP contribution in [0.3, 0.4) is 0 Å². The van der Waals surface area contributed by atoms with Crippen molar-refractivity contribution in [2.45, 2.75) is 6.42 Å². The van der Waals surface area contributed by atoms with E-state index in [0.717, 1.165) is 20.1 Å². The summed E-state index contributed by atoms with van der Waals surface area (Å²) in [4.78, 5) is 31.6. The average Bonchev–Trinajstić information content (AvgIpc) is 2.51. The van der Waals surface area contributed by atoms with E-state index in [9.17, 15) is 9.59 Å². The van der Waals surface area contributed by atoms with Crippen LogP contribution >= 0.6 is 31.9 Å². The molecule has 0 fully saturated rings. The predicted octanol–water partition coefficient (Wildman–Crippen LogP) is 4.26. The van der Waals surface area contributed by atoms with Gasteiger partial charge in [-0.05, 0) is 79.4 Å². The number of rotatable bonds is 6. The number of carbonyl (C=O) groups is 2. The molecule has 2 aromatic heterocycles. The molecule has 0 aromatic carbocycles. The lowest BCUT2D eigenvalue weighted by Crippen LogP contribution is -2.01. The Kier molecular flexibility index (Phi) is 6.55. The van der Waals surface area contributed by atoms with Crippen LogP contribution in [0.25, 0.3) is 12.2 Å². The van der Waals surface area contributed by atoms with Crippen molar-refractivity contribution in [3.63, 3.8) is 0 Å². The van der Waals surface area contributed by atoms with Gasteiger partial charge in [-0.15, -0.1) is 0 Å². The van der Waals surface area contributed by atoms with Crippen LogP contribution in [0.4, 0.5) is 0 Å². The van der Waals surface area contributed by atoms with E-state index in [1.807, 2.05) is 12.1 Å². The molecule has 0 atom stereocenters. The van der Waals surface area contributed by atoms with Crippen molar-refractivity contribution < 1.29 is 9.59 Å². The molecule has 23 heavy (non-hydrogen) atoms. The second-order valence-corrected chi connectivity index (χ2v) is 6.48. The van der Waals surface area contributed by atoms with Gasteiger partial charge in [-0.3, -0.25) is 19.6 Å². The van der Waals surface area contributed by atoms with E-state index in [1.165, 1.54) is 12.2 Å². The maximum absolute atomic E-state index is 11.8. The minimum Gasteiger partial charge on any atom is -0.294 e. The van der Waals surface area contributed by atoms with Crippen molar-refractivity contribution in [3.05, 3.63) is 69.1 Å². The normalized spacial score (nSPS) is 11.2. The molecule has 4 nitrogen and oxygen atoms in total. The predicted molar refractivity (Wildman–Crippen MR) is 96.6 cm³/mol. The van der Waals surface area contributed by atoms with Crippen molar-refractivity contribution in [3.8, 4) is 0 Å². The lowest BCUT2D eigenvalue weighted by atomic mass is 10.1. The summed E-state index contributed by atoms with van der Waals surface area (Å²) in [6.07, 6.45) is 12.5. The van der Waals surface area contributed by atoms with Gasteiger partial charge < -0.3 is 0 Å². The van der Waals surface area contributed by atoms with Crippen molar-refractivity contribution >= 4 is 55.6 Å². The Hall–Kier alpha value is -1.92. The van der Waals surface area contributed by atoms with E-state index in [0.29, 0.717) is 0 Å². The summed E-state index contributed by atoms with van der Waals surface area (Å²) in [5, 5.41) is 0. The van der Waals surface area contributed by atoms with Gasteiger partial charge in [-0.25, -0.2) is 0 Å². The van der Waals surface area contributed by atoms with Gasteiger partial charge in [-0.2, -0.15) is 0 Å². The molecule has 0 saturated carbocycles. The highest BCUT2D eigenvalue weighted by atomic mass is 79.9. The van der Waals surface area contributed by atoms with Gasteiger partial charge in [0.2, 0.25) is 0 Å². The Labute approximate surface area is 150 Å². The molecule has 0 saturated heterocycles. The average molecular weight is 436 g/mol. The second kappa shape index (κ2) is 8.64. The third kappa shape index (κ3) is 6.38. The summed E-state index contributed by atoms with van der Waals surface area (Å²) < 4.78 is 1.66. The summed E-state index contributed by atoms with van der Waals surface area (Å²) >= 11 is 6.61. The molecule has 0 aliphatic heterocycles. The molecule has 6 heteroatoms. The first-order chi connectivity index (χ1) is 11.0. The van der Waals surface area contributed by atoms with Gasteiger partial charge >= 0.3 is 0 Å². The van der Waals surface area contributed by atoms with Crippen LogP contribution in [0.2, 0.25) is 0 Å². The standard InChI is InChI=1S/C17H12Br2N2O2/c18-14-5-12(8-20-10-14)1-3-16(22)7-17(23)4-2-13-6-15(19)11-21-9-13/h1-6,8-11H,7H2/b3-1+,4-2+. The first-order valence-electron chi connectivity index (χ1n) is 6.66. The molecule has 0 spiro atoms. The molecule has 0 amide bonds. The molecule has 2 heterocycles. The van der Waals surface area contributed by atoms with Gasteiger partial charge in [0.05, 0.1) is 6.42 Å². The van der Waals surface area contributed by atoms with E-state index >= 15 is 0 Å². The molecule has 2 rings (SSSR count). The molecule has 116 valence electrons. The third-order valence-corrected chi connectivity index (χ3v) is 3.59. The van der Waals surface area contributed by atoms with Crippen molar-refractivity contribution in [1.29, 1.82) is 0 Å². The summed E-state index contributed by atoms with van der Waals surface area (Å²) in [5.41, 5.74) is 1.58. The van der Waals surface area contributed by atoms with E-state index in [1.54, 1.807) is 36.9 Å². The fourth-order valence-corrected chi connectivity index (χ4v) is 2.47. The van der Waals surface area contributed by atoms with Crippen LogP contribution < -0.4 is 0 Å². The molecule has 0 bridgehead atoms. The second-order valence-electron chi connectivity index (χ2n) is 4.65. The highest BCUT2D eigenvalue weighted by Gasteiger charge is 2.03. The van der Waals surface area contributed by atoms with Crippen LogP contribution in [0.1, 0.15) is 17.5 Å². The molecule has 2 aromatic rings. The van der Waals surface area contributed by atoms with E-state index in [4.69, 9.17) is 0 Å². The zero-order chi connectivity index (χ0) is 16.7. The first kappa shape index (κ1) is 17.4. The highest BCUT2D eigenvalue weighted by Crippen LogP contribution is 2.12. The summed E-state index contributed by atoms with van der Waals surface area (Å²) in [7, 11) is 0. The number of halogens is 2. The summed E-state index contributed by atoms with van der Waals surface area (Å²) in [6, 6.07) is 3.66. The molecule has 0 unspecified atom stereocenters. The first-order valence-corrected chi connectivity index (χ1v) is 8.24. The summed E-state index contributed by atoms with van der Waals surface area (Å²) in [5.74, 6) is -0.515. The van der Waals surface area contributed by atoms with Crippen molar-refractivity contribution in [1.82, 2.24) is 9.97 Å². The number of carbonyl (C=O) groups excluding carboxylic acids is 2. The number of aromatic nitrogens is 2. The smallest absolute Gasteiger partial charge is 0.163 e. The van der Waals surface area contributed by atoms with Gasteiger partial charge in [0, 0.05) is 33.7 Å². The molecule has 0 aliphatic carbocycles. The number of hydrogen-bond acceptors (Lipinski definition) is 4. The molecule has 0 N–H and O–H groups in total. The van der Waals surface area contributed by atoms with Gasteiger partial charge in [-0.1, -0.05) is 0 Å². The van der Waals surface area contributed by atoms with Crippen molar-refractivity contribution in [2.75, 3.05) is 0 Å². The van der Waals surface area contributed by atoms with Crippen LogP contribution in [0.15, 0.2) is 58.0 Å². The number of allylic oxidation sites excluding steroid dienone is 2. The quantitative estimate of drug-likeness (QED) is 0.502. The topological polar surface area (TPSA) is 59.9 Å². The fraction of sp³-hybridized carbons (Fsp3) is 0.0588. The lowest BCUT2D eigenvalue weighted by molar-refractivity contribution is -0.121. The van der Waals surface area contributed by atoms with Crippen LogP contribution in [-0.4, -0.2) is 21.5 Å². The van der Waals surface area contributed by atoms with Crippen LogP contribution in [0, 0.1) is 0 Å². The number of hydrogen-bond donors (Lipinski definition) is 0. The molecule has 0 radical (unpaired) electrons. The zero-order valence-corrected chi connectivity index (χ0v) is 15.1. The molecular formula is C17H12Br2N2O2. The monoisotopic (exact) mass is 434 g/mol. The minimum absolute atomic E-state index is 0.171. The highest BCUT2D eigenvalue weighted by molar-refractivity contribution is 9.10. The Morgan fingerprint density at radius 3 is 1.65 bits per heavy atom. The maximum atomic E-state index is 11.8. The SMILES string of the molecule is O=C(/C=C/c1cncc(Br)c1)CC(=O)/C=C/c1cncc(Br)c1. The molecule has 0 aliphatic rings. The largest absolute Gasteiger partial charge is 0.294 e.